The fourth-order valence-electron chi connectivity index (χ4n) is 2.75. The Balaban J connectivity index is 1.86. The first-order valence-corrected chi connectivity index (χ1v) is 7.09. The van der Waals surface area contributed by atoms with Gasteiger partial charge in [-0.05, 0) is 48.2 Å². The molecule has 20 heavy (non-hydrogen) atoms. The van der Waals surface area contributed by atoms with Crippen molar-refractivity contribution in [3.05, 3.63) is 47.2 Å². The molecule has 1 aliphatic heterocycles. The number of aromatic amines is 1. The number of halogens is 1. The van der Waals surface area contributed by atoms with E-state index in [1.807, 2.05) is 18.3 Å². The topological polar surface area (TPSA) is 37.9 Å². The van der Waals surface area contributed by atoms with Gasteiger partial charge >= 0.3 is 0 Å². The van der Waals surface area contributed by atoms with Gasteiger partial charge in [0.1, 0.15) is 16.5 Å². The molecule has 0 amide bonds. The molecule has 1 aromatic carbocycles. The monoisotopic (exact) mass is 284 g/mol. The zero-order chi connectivity index (χ0) is 13.5. The third kappa shape index (κ3) is 1.86. The predicted molar refractivity (Wildman–Crippen MR) is 80.4 cm³/mol. The van der Waals surface area contributed by atoms with E-state index < -0.39 is 0 Å². The third-order valence-corrected chi connectivity index (χ3v) is 3.93. The molecule has 3 heterocycles. The number of H-pyrrole nitrogens is 1. The lowest BCUT2D eigenvalue weighted by molar-refractivity contribution is 0.288. The Morgan fingerprint density at radius 1 is 1.20 bits per heavy atom. The van der Waals surface area contributed by atoms with Crippen LogP contribution in [0.5, 0.6) is 5.75 Å². The second kappa shape index (κ2) is 4.53. The van der Waals surface area contributed by atoms with E-state index in [9.17, 15) is 0 Å². The van der Waals surface area contributed by atoms with E-state index in [0.717, 1.165) is 41.8 Å². The fourth-order valence-corrected chi connectivity index (χ4v) is 2.90. The van der Waals surface area contributed by atoms with Crippen molar-refractivity contribution >= 4 is 22.6 Å². The van der Waals surface area contributed by atoms with E-state index in [0.29, 0.717) is 5.15 Å². The van der Waals surface area contributed by atoms with Crippen LogP contribution in [0.25, 0.3) is 22.2 Å². The highest BCUT2D eigenvalue weighted by atomic mass is 35.5. The largest absolute Gasteiger partial charge is 0.493 e. The molecule has 0 aliphatic carbocycles. The van der Waals surface area contributed by atoms with Crippen LogP contribution in [0.4, 0.5) is 0 Å². The van der Waals surface area contributed by atoms with E-state index in [-0.39, 0.29) is 0 Å². The van der Waals surface area contributed by atoms with Crippen LogP contribution in [0, 0.1) is 0 Å². The second-order valence-electron chi connectivity index (χ2n) is 5.01. The van der Waals surface area contributed by atoms with Gasteiger partial charge in [0.2, 0.25) is 0 Å². The highest BCUT2D eigenvalue weighted by Crippen LogP contribution is 2.33. The van der Waals surface area contributed by atoms with Crippen molar-refractivity contribution in [3.63, 3.8) is 0 Å². The summed E-state index contributed by atoms with van der Waals surface area (Å²) in [5, 5.41) is 1.59. The summed E-state index contributed by atoms with van der Waals surface area (Å²) < 4.78 is 5.66. The zero-order valence-corrected chi connectivity index (χ0v) is 11.6. The van der Waals surface area contributed by atoms with Gasteiger partial charge in [0, 0.05) is 17.1 Å². The fraction of sp³-hybridized carbons (Fsp3) is 0.188. The van der Waals surface area contributed by atoms with E-state index in [4.69, 9.17) is 16.3 Å². The smallest absolute Gasteiger partial charge is 0.139 e. The Morgan fingerprint density at radius 3 is 3.10 bits per heavy atom. The molecule has 3 aromatic rings. The minimum atomic E-state index is 0.504. The number of aromatic nitrogens is 2. The van der Waals surface area contributed by atoms with Crippen molar-refractivity contribution in [2.45, 2.75) is 12.8 Å². The lowest BCUT2D eigenvalue weighted by atomic mass is 9.99. The van der Waals surface area contributed by atoms with Crippen molar-refractivity contribution in [2.75, 3.05) is 6.61 Å². The number of nitrogens with zero attached hydrogens (tertiary/aromatic N) is 1. The maximum Gasteiger partial charge on any atom is 0.139 e. The summed E-state index contributed by atoms with van der Waals surface area (Å²) in [4.78, 5) is 7.48. The molecule has 4 rings (SSSR count). The van der Waals surface area contributed by atoms with Gasteiger partial charge in [-0.1, -0.05) is 17.7 Å². The van der Waals surface area contributed by atoms with Crippen LogP contribution < -0.4 is 4.74 Å². The molecule has 4 heteroatoms. The molecule has 2 aromatic heterocycles. The molecule has 0 fully saturated rings. The van der Waals surface area contributed by atoms with Gasteiger partial charge in [-0.15, -0.1) is 0 Å². The summed E-state index contributed by atoms with van der Waals surface area (Å²) in [6.07, 6.45) is 4.15. The van der Waals surface area contributed by atoms with Crippen molar-refractivity contribution in [2.24, 2.45) is 0 Å². The lowest BCUT2D eigenvalue weighted by Crippen LogP contribution is -2.07. The maximum atomic E-state index is 5.92. The number of rotatable bonds is 1. The molecule has 0 radical (unpaired) electrons. The molecular weight excluding hydrogens is 272 g/mol. The number of benzene rings is 1. The molecule has 0 saturated carbocycles. The van der Waals surface area contributed by atoms with E-state index >= 15 is 0 Å². The first-order valence-electron chi connectivity index (χ1n) is 6.71. The number of fused-ring (bicyclic) bond motifs is 2. The van der Waals surface area contributed by atoms with Gasteiger partial charge in [-0.2, -0.15) is 0 Å². The van der Waals surface area contributed by atoms with Gasteiger partial charge in [-0.3, -0.25) is 0 Å². The van der Waals surface area contributed by atoms with E-state index in [2.05, 4.69) is 28.2 Å². The van der Waals surface area contributed by atoms with E-state index in [1.165, 1.54) is 11.1 Å². The van der Waals surface area contributed by atoms with Crippen molar-refractivity contribution in [3.8, 4) is 16.9 Å². The minimum absolute atomic E-state index is 0.504. The van der Waals surface area contributed by atoms with Crippen molar-refractivity contribution < 1.29 is 4.74 Å². The summed E-state index contributed by atoms with van der Waals surface area (Å²) in [6.45, 7) is 0.821. The molecule has 0 atom stereocenters. The predicted octanol–water partition coefficient (Wildman–Crippen LogP) is 4.21. The Kier molecular flexibility index (Phi) is 2.67. The molecule has 0 spiro atoms. The Hall–Kier alpha value is -2.00. The molecule has 1 N–H and O–H groups in total. The van der Waals surface area contributed by atoms with Crippen LogP contribution in [0.15, 0.2) is 36.5 Å². The summed E-state index contributed by atoms with van der Waals surface area (Å²) in [6, 6.07) is 10.2. The molecule has 1 aliphatic rings. The van der Waals surface area contributed by atoms with Crippen LogP contribution in [0.2, 0.25) is 5.15 Å². The maximum absolute atomic E-state index is 5.92. The summed E-state index contributed by atoms with van der Waals surface area (Å²) in [7, 11) is 0. The van der Waals surface area contributed by atoms with Gasteiger partial charge < -0.3 is 9.72 Å². The number of ether oxygens (including phenoxy) is 1. The first kappa shape index (κ1) is 11.8. The average Bonchev–Trinajstić information content (AvgIpc) is 2.89. The minimum Gasteiger partial charge on any atom is -0.493 e. The zero-order valence-electron chi connectivity index (χ0n) is 10.8. The molecule has 0 saturated heterocycles. The Morgan fingerprint density at radius 2 is 2.15 bits per heavy atom. The van der Waals surface area contributed by atoms with Crippen LogP contribution in [0.3, 0.4) is 0 Å². The second-order valence-corrected chi connectivity index (χ2v) is 5.39. The Labute approximate surface area is 121 Å². The molecule has 0 bridgehead atoms. The highest BCUT2D eigenvalue weighted by molar-refractivity contribution is 6.29. The average molecular weight is 285 g/mol. The third-order valence-electron chi connectivity index (χ3n) is 3.72. The van der Waals surface area contributed by atoms with Crippen molar-refractivity contribution in [1.82, 2.24) is 9.97 Å². The highest BCUT2D eigenvalue weighted by Gasteiger charge is 2.13. The van der Waals surface area contributed by atoms with Crippen LogP contribution in [0.1, 0.15) is 12.0 Å². The number of hydrogen-bond donors (Lipinski definition) is 1. The summed E-state index contributed by atoms with van der Waals surface area (Å²) in [5.74, 6) is 1.01. The lowest BCUT2D eigenvalue weighted by Gasteiger charge is -2.17. The standard InChI is InChI=1S/C16H13ClN2O/c17-15-6-4-12-13(9-18-16(12)19-15)10-3-5-14-11(8-10)2-1-7-20-14/h3-6,8-9H,1-2,7H2,(H,18,19). The van der Waals surface area contributed by atoms with Crippen LogP contribution >= 0.6 is 11.6 Å². The summed E-state index contributed by atoms with van der Waals surface area (Å²) >= 11 is 5.92. The number of nitrogens with one attached hydrogen (secondary N) is 1. The van der Waals surface area contributed by atoms with Gasteiger partial charge in [0.15, 0.2) is 0 Å². The van der Waals surface area contributed by atoms with Gasteiger partial charge in [0.25, 0.3) is 0 Å². The Bertz CT molecular complexity index is 794. The van der Waals surface area contributed by atoms with Gasteiger partial charge in [0.05, 0.1) is 6.61 Å². The quantitative estimate of drug-likeness (QED) is 0.680. The molecule has 0 unspecified atom stereocenters. The van der Waals surface area contributed by atoms with Crippen LogP contribution in [-0.2, 0) is 6.42 Å². The number of pyridine rings is 1. The normalized spacial score (nSPS) is 14.1. The number of hydrogen-bond acceptors (Lipinski definition) is 2. The van der Waals surface area contributed by atoms with Crippen molar-refractivity contribution in [1.29, 1.82) is 0 Å². The summed E-state index contributed by atoms with van der Waals surface area (Å²) in [5.41, 5.74) is 4.44. The molecule has 100 valence electrons. The first-order chi connectivity index (χ1) is 9.81. The van der Waals surface area contributed by atoms with Crippen LogP contribution in [-0.4, -0.2) is 16.6 Å². The molecular formula is C16H13ClN2O. The van der Waals surface area contributed by atoms with E-state index in [1.54, 1.807) is 0 Å². The number of aryl methyl sites for hydroxylation is 1. The SMILES string of the molecule is Clc1ccc2c(-c3ccc4c(c3)CCCO4)c[nH]c2n1. The van der Waals surface area contributed by atoms with Gasteiger partial charge in [-0.25, -0.2) is 4.98 Å². The molecule has 3 nitrogen and oxygen atoms in total.